The van der Waals surface area contributed by atoms with Crippen molar-refractivity contribution < 1.29 is 13.2 Å². The summed E-state index contributed by atoms with van der Waals surface area (Å²) in [6.07, 6.45) is -0.284. The SMILES string of the molecule is CC1CNCC1/C=C/c1ccc(C(F)(F)F)cc1. The molecule has 0 saturated carbocycles. The van der Waals surface area contributed by atoms with Crippen LogP contribution in [0.25, 0.3) is 6.08 Å². The van der Waals surface area contributed by atoms with Crippen molar-refractivity contribution in [2.75, 3.05) is 13.1 Å². The molecule has 0 aliphatic carbocycles. The van der Waals surface area contributed by atoms with E-state index in [0.29, 0.717) is 11.8 Å². The molecule has 1 nitrogen and oxygen atoms in total. The second-order valence-corrected chi connectivity index (χ2v) is 4.78. The van der Waals surface area contributed by atoms with E-state index in [1.54, 1.807) is 0 Å². The Morgan fingerprint density at radius 2 is 1.83 bits per heavy atom. The normalized spacial score (nSPS) is 24.9. The molecule has 0 aromatic heterocycles. The molecule has 0 radical (unpaired) electrons. The number of benzene rings is 1. The third-order valence-corrected chi connectivity index (χ3v) is 3.35. The van der Waals surface area contributed by atoms with Gasteiger partial charge in [0.25, 0.3) is 0 Å². The zero-order chi connectivity index (χ0) is 13.2. The minimum absolute atomic E-state index is 0.465. The molecule has 1 saturated heterocycles. The second-order valence-electron chi connectivity index (χ2n) is 4.78. The molecular weight excluding hydrogens is 239 g/mol. The van der Waals surface area contributed by atoms with E-state index in [1.165, 1.54) is 12.1 Å². The molecule has 2 unspecified atom stereocenters. The van der Waals surface area contributed by atoms with E-state index in [2.05, 4.69) is 18.3 Å². The Kier molecular flexibility index (Phi) is 3.76. The molecule has 1 aromatic carbocycles. The Morgan fingerprint density at radius 1 is 1.17 bits per heavy atom. The van der Waals surface area contributed by atoms with Crippen molar-refractivity contribution in [3.63, 3.8) is 0 Å². The summed E-state index contributed by atoms with van der Waals surface area (Å²) in [4.78, 5) is 0. The number of hydrogen-bond donors (Lipinski definition) is 1. The first-order valence-corrected chi connectivity index (χ1v) is 6.03. The molecule has 1 N–H and O–H groups in total. The first-order valence-electron chi connectivity index (χ1n) is 6.03. The molecule has 2 rings (SSSR count). The summed E-state index contributed by atoms with van der Waals surface area (Å²) in [5.74, 6) is 1.04. The van der Waals surface area contributed by atoms with Crippen molar-refractivity contribution in [1.82, 2.24) is 5.32 Å². The average molecular weight is 255 g/mol. The van der Waals surface area contributed by atoms with Crippen molar-refractivity contribution >= 4 is 6.08 Å². The highest BCUT2D eigenvalue weighted by Gasteiger charge is 2.29. The lowest BCUT2D eigenvalue weighted by Gasteiger charge is -2.08. The van der Waals surface area contributed by atoms with Crippen molar-refractivity contribution in [3.8, 4) is 0 Å². The monoisotopic (exact) mass is 255 g/mol. The summed E-state index contributed by atoms with van der Waals surface area (Å²) >= 11 is 0. The maximum atomic E-state index is 12.4. The quantitative estimate of drug-likeness (QED) is 0.851. The maximum absolute atomic E-state index is 12.4. The molecule has 0 amide bonds. The van der Waals surface area contributed by atoms with Crippen LogP contribution in [0.4, 0.5) is 13.2 Å². The fraction of sp³-hybridized carbons (Fsp3) is 0.429. The number of halogens is 3. The third-order valence-electron chi connectivity index (χ3n) is 3.35. The predicted molar refractivity (Wildman–Crippen MR) is 66.0 cm³/mol. The summed E-state index contributed by atoms with van der Waals surface area (Å²) in [6, 6.07) is 5.25. The van der Waals surface area contributed by atoms with Crippen molar-refractivity contribution in [3.05, 3.63) is 41.5 Å². The van der Waals surface area contributed by atoms with E-state index in [4.69, 9.17) is 0 Å². The van der Waals surface area contributed by atoms with Gasteiger partial charge >= 0.3 is 6.18 Å². The van der Waals surface area contributed by atoms with Gasteiger partial charge < -0.3 is 5.32 Å². The summed E-state index contributed by atoms with van der Waals surface area (Å²) in [5, 5.41) is 3.29. The molecule has 0 spiro atoms. The minimum Gasteiger partial charge on any atom is -0.316 e. The van der Waals surface area contributed by atoms with Gasteiger partial charge in [0.2, 0.25) is 0 Å². The number of rotatable bonds is 2. The van der Waals surface area contributed by atoms with Gasteiger partial charge in [-0.2, -0.15) is 13.2 Å². The maximum Gasteiger partial charge on any atom is 0.416 e. The van der Waals surface area contributed by atoms with E-state index in [0.717, 1.165) is 30.8 Å². The van der Waals surface area contributed by atoms with Crippen LogP contribution in [0.15, 0.2) is 30.3 Å². The van der Waals surface area contributed by atoms with Crippen LogP contribution in [0.5, 0.6) is 0 Å². The average Bonchev–Trinajstić information content (AvgIpc) is 2.72. The van der Waals surface area contributed by atoms with E-state index < -0.39 is 11.7 Å². The third kappa shape index (κ3) is 3.13. The largest absolute Gasteiger partial charge is 0.416 e. The van der Waals surface area contributed by atoms with Gasteiger partial charge in [-0.05, 0) is 36.1 Å². The number of nitrogens with one attached hydrogen (secondary N) is 1. The van der Waals surface area contributed by atoms with E-state index in [9.17, 15) is 13.2 Å². The summed E-state index contributed by atoms with van der Waals surface area (Å²) in [6.45, 7) is 4.11. The fourth-order valence-corrected chi connectivity index (χ4v) is 2.11. The highest BCUT2D eigenvalue weighted by Crippen LogP contribution is 2.29. The highest BCUT2D eigenvalue weighted by atomic mass is 19.4. The Labute approximate surface area is 105 Å². The van der Waals surface area contributed by atoms with Gasteiger partial charge in [-0.15, -0.1) is 0 Å². The van der Waals surface area contributed by atoms with Gasteiger partial charge in [-0.1, -0.05) is 31.2 Å². The molecule has 4 heteroatoms. The lowest BCUT2D eigenvalue weighted by atomic mass is 9.97. The molecule has 2 atom stereocenters. The first-order chi connectivity index (χ1) is 8.47. The Bertz CT molecular complexity index is 420. The topological polar surface area (TPSA) is 12.0 Å². The van der Waals surface area contributed by atoms with Crippen molar-refractivity contribution in [2.24, 2.45) is 11.8 Å². The standard InChI is InChI=1S/C14H16F3N/c1-10-8-18-9-12(10)5-2-11-3-6-13(7-4-11)14(15,16)17/h2-7,10,12,18H,8-9H2,1H3/b5-2+. The second kappa shape index (κ2) is 5.14. The van der Waals surface area contributed by atoms with Crippen LogP contribution < -0.4 is 5.32 Å². The molecule has 1 heterocycles. The van der Waals surface area contributed by atoms with Gasteiger partial charge in [-0.25, -0.2) is 0 Å². The van der Waals surface area contributed by atoms with Gasteiger partial charge in [-0.3, -0.25) is 0 Å². The van der Waals surface area contributed by atoms with E-state index in [-0.39, 0.29) is 0 Å². The number of alkyl halides is 3. The van der Waals surface area contributed by atoms with Crippen molar-refractivity contribution in [1.29, 1.82) is 0 Å². The van der Waals surface area contributed by atoms with Crippen LogP contribution in [0, 0.1) is 11.8 Å². The molecule has 0 bridgehead atoms. The Balaban J connectivity index is 2.04. The molecule has 1 aromatic rings. The van der Waals surface area contributed by atoms with Crippen LogP contribution in [0.1, 0.15) is 18.1 Å². The molecule has 1 aliphatic heterocycles. The van der Waals surface area contributed by atoms with E-state index in [1.807, 2.05) is 6.08 Å². The Morgan fingerprint density at radius 3 is 2.33 bits per heavy atom. The lowest BCUT2D eigenvalue weighted by molar-refractivity contribution is -0.137. The van der Waals surface area contributed by atoms with Gasteiger partial charge in [0.1, 0.15) is 0 Å². The predicted octanol–water partition coefficient (Wildman–Crippen LogP) is 3.57. The zero-order valence-electron chi connectivity index (χ0n) is 10.2. The van der Waals surface area contributed by atoms with Crippen LogP contribution >= 0.6 is 0 Å². The smallest absolute Gasteiger partial charge is 0.316 e. The van der Waals surface area contributed by atoms with Gasteiger partial charge in [0, 0.05) is 6.54 Å². The molecular formula is C14H16F3N. The lowest BCUT2D eigenvalue weighted by Crippen LogP contribution is -2.07. The molecule has 18 heavy (non-hydrogen) atoms. The summed E-state index contributed by atoms with van der Waals surface area (Å²) in [7, 11) is 0. The van der Waals surface area contributed by atoms with Gasteiger partial charge in [0.15, 0.2) is 0 Å². The summed E-state index contributed by atoms with van der Waals surface area (Å²) < 4.78 is 37.1. The highest BCUT2D eigenvalue weighted by molar-refractivity contribution is 5.50. The molecule has 1 aliphatic rings. The van der Waals surface area contributed by atoms with Crippen molar-refractivity contribution in [2.45, 2.75) is 13.1 Å². The molecule has 98 valence electrons. The number of hydrogen-bond acceptors (Lipinski definition) is 1. The van der Waals surface area contributed by atoms with Gasteiger partial charge in [0.05, 0.1) is 5.56 Å². The fourth-order valence-electron chi connectivity index (χ4n) is 2.11. The summed E-state index contributed by atoms with van der Waals surface area (Å²) in [5.41, 5.74) is 0.206. The van der Waals surface area contributed by atoms with Crippen LogP contribution in [-0.2, 0) is 6.18 Å². The Hall–Kier alpha value is -1.29. The zero-order valence-corrected chi connectivity index (χ0v) is 10.2. The van der Waals surface area contributed by atoms with E-state index >= 15 is 0 Å². The van der Waals surface area contributed by atoms with Crippen LogP contribution in [-0.4, -0.2) is 13.1 Å². The van der Waals surface area contributed by atoms with Crippen LogP contribution in [0.2, 0.25) is 0 Å². The minimum atomic E-state index is -4.26. The first kappa shape index (κ1) is 13.1. The van der Waals surface area contributed by atoms with Crippen LogP contribution in [0.3, 0.4) is 0 Å². The molecule has 1 fully saturated rings.